The monoisotopic (exact) mass is 232 g/mol. The van der Waals surface area contributed by atoms with E-state index in [0.29, 0.717) is 17.0 Å². The molecule has 0 spiro atoms. The number of nitrogens with two attached hydrogens (primary N) is 1. The smallest absolute Gasteiger partial charge is 0.252 e. The van der Waals surface area contributed by atoms with Crippen molar-refractivity contribution >= 4 is 11.6 Å². The number of amides is 1. The number of rotatable bonds is 3. The van der Waals surface area contributed by atoms with Crippen LogP contribution in [0.25, 0.3) is 0 Å². The molecule has 0 aliphatic heterocycles. The van der Waals surface area contributed by atoms with Crippen LogP contribution in [0.2, 0.25) is 0 Å². The van der Waals surface area contributed by atoms with E-state index in [9.17, 15) is 4.79 Å². The van der Waals surface area contributed by atoms with Crippen LogP contribution in [-0.4, -0.2) is 18.6 Å². The van der Waals surface area contributed by atoms with Crippen LogP contribution in [0.3, 0.4) is 0 Å². The van der Waals surface area contributed by atoms with Crippen LogP contribution < -0.4 is 15.8 Å². The summed E-state index contributed by atoms with van der Waals surface area (Å²) >= 11 is 0. The van der Waals surface area contributed by atoms with Crippen LogP contribution in [0.5, 0.6) is 5.75 Å². The number of nitrogens with one attached hydrogen (secondary N) is 1. The Kier molecular flexibility index (Phi) is 3.64. The Morgan fingerprint density at radius 2 is 2.18 bits per heavy atom. The summed E-state index contributed by atoms with van der Waals surface area (Å²) in [5, 5.41) is 2.72. The lowest BCUT2D eigenvalue weighted by Gasteiger charge is -2.19. The van der Waals surface area contributed by atoms with Gasteiger partial charge in [-0.05, 0) is 32.0 Å². The molecular formula is C13H16N2O2. The maximum atomic E-state index is 11.9. The Morgan fingerprint density at radius 3 is 2.65 bits per heavy atom. The maximum absolute atomic E-state index is 11.9. The summed E-state index contributed by atoms with van der Waals surface area (Å²) in [6, 6.07) is 4.84. The Morgan fingerprint density at radius 1 is 1.53 bits per heavy atom. The van der Waals surface area contributed by atoms with Gasteiger partial charge in [-0.25, -0.2) is 0 Å². The first-order valence-electron chi connectivity index (χ1n) is 5.13. The van der Waals surface area contributed by atoms with Gasteiger partial charge in [0.25, 0.3) is 5.91 Å². The zero-order valence-electron chi connectivity index (χ0n) is 10.2. The van der Waals surface area contributed by atoms with Gasteiger partial charge in [0, 0.05) is 5.56 Å². The van der Waals surface area contributed by atoms with Gasteiger partial charge in [-0.15, -0.1) is 6.42 Å². The predicted octanol–water partition coefficient (Wildman–Crippen LogP) is 1.42. The van der Waals surface area contributed by atoms with Gasteiger partial charge in [0.1, 0.15) is 5.75 Å². The first-order chi connectivity index (χ1) is 7.89. The lowest BCUT2D eigenvalue weighted by atomic mass is 10.1. The number of methoxy groups -OCH3 is 1. The second-order valence-electron chi connectivity index (χ2n) is 4.18. The van der Waals surface area contributed by atoms with E-state index in [2.05, 4.69) is 11.2 Å². The van der Waals surface area contributed by atoms with Gasteiger partial charge in [0.15, 0.2) is 0 Å². The first-order valence-corrected chi connectivity index (χ1v) is 5.13. The van der Waals surface area contributed by atoms with Gasteiger partial charge >= 0.3 is 0 Å². The second kappa shape index (κ2) is 4.79. The molecule has 17 heavy (non-hydrogen) atoms. The third-order valence-electron chi connectivity index (χ3n) is 2.28. The molecule has 0 saturated carbocycles. The van der Waals surface area contributed by atoms with Crippen molar-refractivity contribution in [2.24, 2.45) is 0 Å². The van der Waals surface area contributed by atoms with Crippen molar-refractivity contribution < 1.29 is 9.53 Å². The number of carbonyl (C=O) groups is 1. The highest BCUT2D eigenvalue weighted by Gasteiger charge is 2.18. The normalized spacial score (nSPS) is 10.5. The van der Waals surface area contributed by atoms with Crippen molar-refractivity contribution in [1.29, 1.82) is 0 Å². The summed E-state index contributed by atoms with van der Waals surface area (Å²) in [5.74, 6) is 2.77. The van der Waals surface area contributed by atoms with E-state index < -0.39 is 5.54 Å². The molecule has 0 aliphatic carbocycles. The molecule has 0 radical (unpaired) electrons. The van der Waals surface area contributed by atoms with Crippen LogP contribution in [0.4, 0.5) is 5.69 Å². The molecule has 1 rings (SSSR count). The van der Waals surface area contributed by atoms with Crippen molar-refractivity contribution in [2.75, 3.05) is 12.8 Å². The minimum absolute atomic E-state index is 0.262. The summed E-state index contributed by atoms with van der Waals surface area (Å²) in [4.78, 5) is 11.9. The lowest BCUT2D eigenvalue weighted by Crippen LogP contribution is -2.42. The molecule has 0 aromatic heterocycles. The Bertz CT molecular complexity index is 473. The number of benzene rings is 1. The molecule has 0 atom stereocenters. The molecule has 0 bridgehead atoms. The molecule has 0 aliphatic rings. The number of carbonyl (C=O) groups excluding carboxylic acids is 1. The Hall–Kier alpha value is -2.15. The predicted molar refractivity (Wildman–Crippen MR) is 67.8 cm³/mol. The van der Waals surface area contributed by atoms with Crippen LogP contribution in [0.15, 0.2) is 18.2 Å². The van der Waals surface area contributed by atoms with Crippen molar-refractivity contribution in [3.8, 4) is 18.1 Å². The molecule has 1 amide bonds. The number of nitrogen functional groups attached to an aromatic ring is 1. The summed E-state index contributed by atoms with van der Waals surface area (Å²) in [6.07, 6.45) is 5.30. The van der Waals surface area contributed by atoms with E-state index in [4.69, 9.17) is 16.9 Å². The zero-order valence-corrected chi connectivity index (χ0v) is 10.2. The van der Waals surface area contributed by atoms with Crippen LogP contribution in [0.1, 0.15) is 24.2 Å². The quantitative estimate of drug-likeness (QED) is 0.612. The number of hydrogen-bond acceptors (Lipinski definition) is 3. The van der Waals surface area contributed by atoms with Crippen molar-refractivity contribution in [2.45, 2.75) is 19.4 Å². The summed E-state index contributed by atoms with van der Waals surface area (Å²) in [6.45, 7) is 3.50. The van der Waals surface area contributed by atoms with E-state index in [1.807, 2.05) is 0 Å². The molecule has 3 N–H and O–H groups in total. The van der Waals surface area contributed by atoms with Gasteiger partial charge in [-0.2, -0.15) is 0 Å². The third kappa shape index (κ3) is 3.15. The molecule has 1 aromatic rings. The molecule has 4 nitrogen and oxygen atoms in total. The summed E-state index contributed by atoms with van der Waals surface area (Å²) in [5.41, 5.74) is 5.90. The molecule has 0 saturated heterocycles. The number of anilines is 1. The number of terminal acetylenes is 1. The van der Waals surface area contributed by atoms with Crippen LogP contribution in [0, 0.1) is 12.3 Å². The number of ether oxygens (including phenoxy) is 1. The minimum Gasteiger partial charge on any atom is -0.495 e. The van der Waals surface area contributed by atoms with E-state index >= 15 is 0 Å². The Balaban J connectivity index is 2.92. The summed E-state index contributed by atoms with van der Waals surface area (Å²) < 4.78 is 5.01. The second-order valence-corrected chi connectivity index (χ2v) is 4.18. The molecule has 90 valence electrons. The van der Waals surface area contributed by atoms with Crippen molar-refractivity contribution in [1.82, 2.24) is 5.32 Å². The fraction of sp³-hybridized carbons (Fsp3) is 0.308. The molecule has 0 heterocycles. The standard InChI is InChI=1S/C13H16N2O2/c1-5-13(2,3)15-12(16)9-6-7-11(17-4)10(14)8-9/h1,6-8H,14H2,2-4H3,(H,15,16). The van der Waals surface area contributed by atoms with Gasteiger partial charge in [-0.3, -0.25) is 4.79 Å². The van der Waals surface area contributed by atoms with Crippen molar-refractivity contribution in [3.63, 3.8) is 0 Å². The SMILES string of the molecule is C#CC(C)(C)NC(=O)c1ccc(OC)c(N)c1. The molecule has 0 fully saturated rings. The molecule has 1 aromatic carbocycles. The van der Waals surface area contributed by atoms with E-state index in [-0.39, 0.29) is 5.91 Å². The topological polar surface area (TPSA) is 64.3 Å². The van der Waals surface area contributed by atoms with E-state index in [1.54, 1.807) is 32.0 Å². The first kappa shape index (κ1) is 12.9. The highest BCUT2D eigenvalue weighted by Crippen LogP contribution is 2.22. The van der Waals surface area contributed by atoms with Crippen molar-refractivity contribution in [3.05, 3.63) is 23.8 Å². The minimum atomic E-state index is -0.689. The largest absolute Gasteiger partial charge is 0.495 e. The van der Waals surface area contributed by atoms with Gasteiger partial charge in [-0.1, -0.05) is 5.92 Å². The van der Waals surface area contributed by atoms with Crippen LogP contribution >= 0.6 is 0 Å². The highest BCUT2D eigenvalue weighted by molar-refractivity contribution is 5.96. The lowest BCUT2D eigenvalue weighted by molar-refractivity contribution is 0.0930. The number of hydrogen-bond donors (Lipinski definition) is 2. The summed E-state index contributed by atoms with van der Waals surface area (Å²) in [7, 11) is 1.52. The van der Waals surface area contributed by atoms with E-state index in [1.165, 1.54) is 7.11 Å². The highest BCUT2D eigenvalue weighted by atomic mass is 16.5. The molecule has 4 heteroatoms. The molecule has 0 unspecified atom stereocenters. The average molecular weight is 232 g/mol. The van der Waals surface area contributed by atoms with Crippen LogP contribution in [-0.2, 0) is 0 Å². The van der Waals surface area contributed by atoms with Gasteiger partial charge in [0.2, 0.25) is 0 Å². The van der Waals surface area contributed by atoms with E-state index in [0.717, 1.165) is 0 Å². The molecular weight excluding hydrogens is 216 g/mol. The fourth-order valence-electron chi connectivity index (χ4n) is 1.27. The zero-order chi connectivity index (χ0) is 13.1. The third-order valence-corrected chi connectivity index (χ3v) is 2.28. The average Bonchev–Trinajstić information content (AvgIpc) is 2.28. The Labute approximate surface area is 101 Å². The van der Waals surface area contributed by atoms with Gasteiger partial charge < -0.3 is 15.8 Å². The fourth-order valence-corrected chi connectivity index (χ4v) is 1.27. The maximum Gasteiger partial charge on any atom is 0.252 e. The van der Waals surface area contributed by atoms with Gasteiger partial charge in [0.05, 0.1) is 18.3 Å².